The van der Waals surface area contributed by atoms with E-state index in [9.17, 15) is 17.9 Å². The minimum atomic E-state index is -3.61. The summed E-state index contributed by atoms with van der Waals surface area (Å²) < 4.78 is 51.5. The summed E-state index contributed by atoms with van der Waals surface area (Å²) in [6.45, 7) is 7.60. The molecule has 1 aliphatic heterocycles. The SMILES string of the molecule is CC(C)c1nc(N(C)S(C)(=O)=O)nc(-c2ccc(F)cc2)c1C=CC1CC(CC(O)N(C)C)OC(C)(C)O1. The summed E-state index contributed by atoms with van der Waals surface area (Å²) in [5.41, 5.74) is 2.44. The van der Waals surface area contributed by atoms with E-state index in [0.29, 0.717) is 35.4 Å². The van der Waals surface area contributed by atoms with Crippen molar-refractivity contribution in [3.05, 3.63) is 47.4 Å². The Hall–Kier alpha value is -2.44. The van der Waals surface area contributed by atoms with Crippen molar-refractivity contribution in [1.82, 2.24) is 14.9 Å². The van der Waals surface area contributed by atoms with Crippen LogP contribution in [-0.4, -0.2) is 80.0 Å². The Kier molecular flexibility index (Phi) is 9.31. The molecule has 0 amide bonds. The first-order chi connectivity index (χ1) is 17.6. The van der Waals surface area contributed by atoms with Gasteiger partial charge in [-0.3, -0.25) is 4.90 Å². The second-order valence-electron chi connectivity index (χ2n) is 10.6. The zero-order valence-corrected chi connectivity index (χ0v) is 24.2. The van der Waals surface area contributed by atoms with Gasteiger partial charge in [-0.15, -0.1) is 0 Å². The predicted molar refractivity (Wildman–Crippen MR) is 147 cm³/mol. The number of halogens is 1. The molecule has 210 valence electrons. The standard InChI is InChI=1S/C27H39FN4O5S/c1-17(2)24-22(14-13-20-15-21(16-23(33)31(5)6)37-27(3,4)36-20)25(18-9-11-19(28)12-10-18)30-26(29-24)32(7)38(8,34)35/h9-14,17,20-21,23,33H,15-16H2,1-8H3. The van der Waals surface area contributed by atoms with Crippen LogP contribution in [0.5, 0.6) is 0 Å². The van der Waals surface area contributed by atoms with Gasteiger partial charge in [0.05, 0.1) is 29.9 Å². The Balaban J connectivity index is 2.08. The second kappa shape index (κ2) is 11.7. The van der Waals surface area contributed by atoms with Crippen molar-refractivity contribution in [3.8, 4) is 11.3 Å². The van der Waals surface area contributed by atoms with Crippen molar-refractivity contribution in [1.29, 1.82) is 0 Å². The number of rotatable bonds is 9. The van der Waals surface area contributed by atoms with Crippen LogP contribution >= 0.6 is 0 Å². The fourth-order valence-corrected chi connectivity index (χ4v) is 4.63. The van der Waals surface area contributed by atoms with Gasteiger partial charge in [-0.1, -0.05) is 26.0 Å². The first kappa shape index (κ1) is 30.1. The lowest BCUT2D eigenvalue weighted by Crippen LogP contribution is -2.46. The number of aliphatic hydroxyl groups is 1. The van der Waals surface area contributed by atoms with Crippen LogP contribution in [0.4, 0.5) is 10.3 Å². The van der Waals surface area contributed by atoms with Crippen LogP contribution in [0.1, 0.15) is 57.7 Å². The zero-order chi connectivity index (χ0) is 28.4. The molecule has 0 aliphatic carbocycles. The molecular weight excluding hydrogens is 511 g/mol. The number of hydrogen-bond donors (Lipinski definition) is 1. The molecule has 9 nitrogen and oxygen atoms in total. The molecule has 1 saturated heterocycles. The summed E-state index contributed by atoms with van der Waals surface area (Å²) in [6, 6.07) is 5.89. The normalized spacial score (nSPS) is 20.8. The van der Waals surface area contributed by atoms with Crippen LogP contribution < -0.4 is 4.31 Å². The number of benzene rings is 1. The fourth-order valence-electron chi connectivity index (χ4n) is 4.26. The number of aromatic nitrogens is 2. The van der Waals surface area contributed by atoms with Gasteiger partial charge in [0.15, 0.2) is 5.79 Å². The lowest BCUT2D eigenvalue weighted by atomic mass is 9.96. The third-order valence-corrected chi connectivity index (χ3v) is 7.49. The molecule has 1 fully saturated rings. The van der Waals surface area contributed by atoms with Crippen molar-refractivity contribution in [3.63, 3.8) is 0 Å². The number of ether oxygens (including phenoxy) is 2. The van der Waals surface area contributed by atoms with Crippen molar-refractivity contribution in [2.45, 2.75) is 70.7 Å². The van der Waals surface area contributed by atoms with E-state index in [2.05, 4.69) is 9.97 Å². The zero-order valence-electron chi connectivity index (χ0n) is 23.3. The molecule has 1 N–H and O–H groups in total. The Bertz CT molecular complexity index is 1250. The molecule has 3 rings (SSSR count). The van der Waals surface area contributed by atoms with Crippen molar-refractivity contribution >= 4 is 22.0 Å². The molecule has 0 bridgehead atoms. The summed E-state index contributed by atoms with van der Waals surface area (Å²) in [5, 5.41) is 10.3. The largest absolute Gasteiger partial charge is 0.378 e. The number of sulfonamides is 1. The van der Waals surface area contributed by atoms with Crippen molar-refractivity contribution < 1.29 is 27.4 Å². The maximum Gasteiger partial charge on any atom is 0.239 e. The van der Waals surface area contributed by atoms with Gasteiger partial charge in [-0.2, -0.15) is 0 Å². The van der Waals surface area contributed by atoms with Gasteiger partial charge in [0.1, 0.15) is 12.0 Å². The highest BCUT2D eigenvalue weighted by Gasteiger charge is 2.35. The molecule has 0 spiro atoms. The van der Waals surface area contributed by atoms with Gasteiger partial charge >= 0.3 is 0 Å². The highest BCUT2D eigenvalue weighted by molar-refractivity contribution is 7.92. The molecule has 3 atom stereocenters. The minimum Gasteiger partial charge on any atom is -0.378 e. The van der Waals surface area contributed by atoms with Crippen molar-refractivity contribution in [2.24, 2.45) is 0 Å². The highest BCUT2D eigenvalue weighted by atomic mass is 32.2. The van der Waals surface area contributed by atoms with Crippen LogP contribution in [0.3, 0.4) is 0 Å². The number of hydrogen-bond acceptors (Lipinski definition) is 8. The van der Waals surface area contributed by atoms with E-state index >= 15 is 0 Å². The maximum absolute atomic E-state index is 13.7. The third-order valence-electron chi connectivity index (χ3n) is 6.34. The number of aliphatic hydroxyl groups excluding tert-OH is 1. The Labute approximate surface area is 225 Å². The molecule has 11 heteroatoms. The smallest absolute Gasteiger partial charge is 0.239 e. The van der Waals surface area contributed by atoms with E-state index in [4.69, 9.17) is 9.47 Å². The summed E-state index contributed by atoms with van der Waals surface area (Å²) in [4.78, 5) is 10.9. The molecule has 1 aromatic heterocycles. The first-order valence-corrected chi connectivity index (χ1v) is 14.4. The lowest BCUT2D eigenvalue weighted by Gasteiger charge is -2.41. The quantitative estimate of drug-likeness (QED) is 0.468. The van der Waals surface area contributed by atoms with E-state index in [-0.39, 0.29) is 29.9 Å². The van der Waals surface area contributed by atoms with E-state index < -0.39 is 22.0 Å². The Morgan fingerprint density at radius 1 is 1.16 bits per heavy atom. The van der Waals surface area contributed by atoms with E-state index in [1.807, 2.05) is 53.9 Å². The second-order valence-corrected chi connectivity index (χ2v) is 12.6. The van der Waals surface area contributed by atoms with Gasteiger partial charge in [0.25, 0.3) is 0 Å². The average molecular weight is 551 g/mol. The maximum atomic E-state index is 13.7. The predicted octanol–water partition coefficient (Wildman–Crippen LogP) is 4.00. The van der Waals surface area contributed by atoms with Gasteiger partial charge in [-0.25, -0.2) is 27.1 Å². The summed E-state index contributed by atoms with van der Waals surface area (Å²) in [5.74, 6) is -1.28. The summed E-state index contributed by atoms with van der Waals surface area (Å²) in [7, 11) is 1.41. The third kappa shape index (κ3) is 7.57. The molecule has 0 saturated carbocycles. The molecule has 1 aromatic carbocycles. The lowest BCUT2D eigenvalue weighted by molar-refractivity contribution is -0.295. The first-order valence-electron chi connectivity index (χ1n) is 12.6. The topological polar surface area (TPSA) is 105 Å². The number of anilines is 1. The molecule has 0 radical (unpaired) electrons. The number of nitrogens with zero attached hydrogens (tertiary/aromatic N) is 4. The molecular formula is C27H39FN4O5S. The van der Waals surface area contributed by atoms with Crippen LogP contribution in [0, 0.1) is 5.82 Å². The van der Waals surface area contributed by atoms with Gasteiger partial charge < -0.3 is 14.6 Å². The fraction of sp³-hybridized carbons (Fsp3) is 0.556. The molecule has 2 aromatic rings. The van der Waals surface area contributed by atoms with E-state index in [1.165, 1.54) is 19.2 Å². The average Bonchev–Trinajstić information content (AvgIpc) is 2.80. The summed E-state index contributed by atoms with van der Waals surface area (Å²) in [6.07, 6.45) is 4.64. The van der Waals surface area contributed by atoms with Gasteiger partial charge in [-0.05, 0) is 58.1 Å². The van der Waals surface area contributed by atoms with Gasteiger partial charge in [0, 0.05) is 31.0 Å². The molecule has 2 heterocycles. The summed E-state index contributed by atoms with van der Waals surface area (Å²) >= 11 is 0. The Morgan fingerprint density at radius 3 is 2.34 bits per heavy atom. The van der Waals surface area contributed by atoms with E-state index in [1.54, 1.807) is 17.0 Å². The molecule has 1 aliphatic rings. The van der Waals surface area contributed by atoms with Gasteiger partial charge in [0.2, 0.25) is 16.0 Å². The van der Waals surface area contributed by atoms with Crippen LogP contribution in [-0.2, 0) is 19.5 Å². The van der Waals surface area contributed by atoms with Crippen LogP contribution in [0.25, 0.3) is 17.3 Å². The molecule has 38 heavy (non-hydrogen) atoms. The highest BCUT2D eigenvalue weighted by Crippen LogP contribution is 2.34. The molecule has 3 unspecified atom stereocenters. The monoisotopic (exact) mass is 550 g/mol. The minimum absolute atomic E-state index is 0.0360. The Morgan fingerprint density at radius 2 is 1.79 bits per heavy atom. The van der Waals surface area contributed by atoms with E-state index in [0.717, 1.165) is 10.6 Å². The van der Waals surface area contributed by atoms with Crippen LogP contribution in [0.2, 0.25) is 0 Å². The van der Waals surface area contributed by atoms with Crippen LogP contribution in [0.15, 0.2) is 30.3 Å². The van der Waals surface area contributed by atoms with Crippen molar-refractivity contribution in [2.75, 3.05) is 31.7 Å².